The molecule has 0 atom stereocenters. The Kier molecular flexibility index (Phi) is 5.81. The van der Waals surface area contributed by atoms with Crippen LogP contribution in [0.3, 0.4) is 0 Å². The van der Waals surface area contributed by atoms with Crippen LogP contribution in [0.1, 0.15) is 16.2 Å². The zero-order valence-corrected chi connectivity index (χ0v) is 12.6. The lowest BCUT2D eigenvalue weighted by Gasteiger charge is -2.01. The molecule has 0 aliphatic heterocycles. The van der Waals surface area contributed by atoms with E-state index in [1.165, 1.54) is 4.88 Å². The minimum Gasteiger partial charge on any atom is -0.395 e. The molecule has 0 saturated carbocycles. The van der Waals surface area contributed by atoms with E-state index in [2.05, 4.69) is 17.9 Å². The minimum atomic E-state index is 0.119. The molecule has 0 amide bonds. The second kappa shape index (κ2) is 7.62. The van der Waals surface area contributed by atoms with Crippen LogP contribution >= 0.6 is 34.7 Å². The van der Waals surface area contributed by atoms with E-state index in [9.17, 15) is 0 Å². The number of thiophene rings is 1. The van der Waals surface area contributed by atoms with Gasteiger partial charge in [-0.3, -0.25) is 0 Å². The van der Waals surface area contributed by atoms with Gasteiger partial charge in [-0.1, -0.05) is 35.6 Å². The fourth-order valence-electron chi connectivity index (χ4n) is 1.44. The average molecular weight is 309 g/mol. The zero-order chi connectivity index (χ0) is 13.5. The molecule has 2 rings (SSSR count). The summed E-state index contributed by atoms with van der Waals surface area (Å²) in [6, 6.07) is 12.0. The van der Waals surface area contributed by atoms with Crippen molar-refractivity contribution in [1.82, 2.24) is 0 Å². The van der Waals surface area contributed by atoms with E-state index in [0.717, 1.165) is 20.5 Å². The molecule has 1 aromatic heterocycles. The fraction of sp³-hybridized carbons (Fsp3) is 0.200. The Hall–Kier alpha value is -0.920. The number of benzene rings is 1. The topological polar surface area (TPSA) is 20.2 Å². The van der Waals surface area contributed by atoms with E-state index >= 15 is 0 Å². The minimum absolute atomic E-state index is 0.119. The number of halogens is 1. The summed E-state index contributed by atoms with van der Waals surface area (Å²) in [5.74, 6) is 6.88. The number of hydrogen-bond donors (Lipinski definition) is 1. The van der Waals surface area contributed by atoms with Crippen molar-refractivity contribution in [1.29, 1.82) is 0 Å². The van der Waals surface area contributed by atoms with Gasteiger partial charge in [0, 0.05) is 21.9 Å². The maximum Gasteiger partial charge on any atom is 0.0771 e. The second-order valence-corrected chi connectivity index (χ2v) is 6.35. The fourth-order valence-corrected chi connectivity index (χ4v) is 3.60. The first-order valence-corrected chi connectivity index (χ1v) is 8.03. The number of rotatable bonds is 4. The standard InChI is InChI=1S/C15H13ClOS2/c16-14-6-1-2-7-15(14)18-11-13-9-8-12(19-13)5-3-4-10-17/h1-2,6-9,17H,4,10-11H2. The van der Waals surface area contributed by atoms with Crippen molar-refractivity contribution in [3.63, 3.8) is 0 Å². The Morgan fingerprint density at radius 1 is 1.21 bits per heavy atom. The number of aliphatic hydroxyl groups excluding tert-OH is 1. The maximum absolute atomic E-state index is 8.67. The molecule has 0 spiro atoms. The lowest BCUT2D eigenvalue weighted by molar-refractivity contribution is 0.305. The largest absolute Gasteiger partial charge is 0.395 e. The van der Waals surface area contributed by atoms with Crippen molar-refractivity contribution in [2.24, 2.45) is 0 Å². The number of aliphatic hydroxyl groups is 1. The summed E-state index contributed by atoms with van der Waals surface area (Å²) >= 11 is 9.54. The van der Waals surface area contributed by atoms with E-state index in [-0.39, 0.29) is 6.61 Å². The van der Waals surface area contributed by atoms with Crippen LogP contribution in [0.5, 0.6) is 0 Å². The van der Waals surface area contributed by atoms with Gasteiger partial charge in [0.05, 0.1) is 16.5 Å². The van der Waals surface area contributed by atoms with Gasteiger partial charge in [-0.25, -0.2) is 0 Å². The Labute approximate surface area is 126 Å². The summed E-state index contributed by atoms with van der Waals surface area (Å²) in [6.07, 6.45) is 0.529. The molecule has 0 aliphatic carbocycles. The molecule has 1 N–H and O–H groups in total. The smallest absolute Gasteiger partial charge is 0.0771 e. The van der Waals surface area contributed by atoms with Gasteiger partial charge in [0.15, 0.2) is 0 Å². The van der Waals surface area contributed by atoms with Crippen molar-refractivity contribution >= 4 is 34.7 Å². The van der Waals surface area contributed by atoms with Gasteiger partial charge in [-0.2, -0.15) is 0 Å². The highest BCUT2D eigenvalue weighted by atomic mass is 35.5. The zero-order valence-electron chi connectivity index (χ0n) is 10.2. The van der Waals surface area contributed by atoms with E-state index < -0.39 is 0 Å². The summed E-state index contributed by atoms with van der Waals surface area (Å²) in [7, 11) is 0. The van der Waals surface area contributed by atoms with E-state index in [4.69, 9.17) is 16.7 Å². The molecule has 1 heterocycles. The van der Waals surface area contributed by atoms with Gasteiger partial charge in [-0.15, -0.1) is 23.1 Å². The third-order valence-electron chi connectivity index (χ3n) is 2.32. The first-order chi connectivity index (χ1) is 9.29. The Balaban J connectivity index is 1.94. The molecule has 0 aliphatic rings. The van der Waals surface area contributed by atoms with Crippen molar-refractivity contribution in [2.75, 3.05) is 6.61 Å². The Morgan fingerprint density at radius 2 is 2.05 bits per heavy atom. The van der Waals surface area contributed by atoms with Gasteiger partial charge >= 0.3 is 0 Å². The molecular formula is C15H13ClOS2. The molecule has 0 unspecified atom stereocenters. The normalized spacial score (nSPS) is 10.0. The lowest BCUT2D eigenvalue weighted by atomic mass is 10.4. The van der Waals surface area contributed by atoms with Crippen LogP contribution in [-0.4, -0.2) is 11.7 Å². The summed E-state index contributed by atoms with van der Waals surface area (Å²) in [5.41, 5.74) is 0. The number of thioether (sulfide) groups is 1. The third kappa shape index (κ3) is 4.59. The van der Waals surface area contributed by atoms with Crippen LogP contribution in [0.15, 0.2) is 41.3 Å². The lowest BCUT2D eigenvalue weighted by Crippen LogP contribution is -1.76. The second-order valence-electron chi connectivity index (χ2n) is 3.76. The summed E-state index contributed by atoms with van der Waals surface area (Å²) < 4.78 is 0. The van der Waals surface area contributed by atoms with Crippen LogP contribution in [0.4, 0.5) is 0 Å². The summed E-state index contributed by atoms with van der Waals surface area (Å²) in [6.45, 7) is 0.119. The van der Waals surface area contributed by atoms with Crippen molar-refractivity contribution < 1.29 is 5.11 Å². The summed E-state index contributed by atoms with van der Waals surface area (Å²) in [5, 5.41) is 9.47. The highest BCUT2D eigenvalue weighted by molar-refractivity contribution is 7.98. The third-order valence-corrected chi connectivity index (χ3v) is 5.06. The molecule has 98 valence electrons. The first-order valence-electron chi connectivity index (χ1n) is 5.85. The molecule has 4 heteroatoms. The predicted molar refractivity (Wildman–Crippen MR) is 83.9 cm³/mol. The van der Waals surface area contributed by atoms with Crippen molar-refractivity contribution in [3.8, 4) is 11.8 Å². The molecule has 1 aromatic carbocycles. The van der Waals surface area contributed by atoms with Gasteiger partial charge in [0.1, 0.15) is 0 Å². The van der Waals surface area contributed by atoms with Gasteiger partial charge in [0.25, 0.3) is 0 Å². The molecule has 0 radical (unpaired) electrons. The maximum atomic E-state index is 8.67. The number of hydrogen-bond acceptors (Lipinski definition) is 3. The SMILES string of the molecule is OCCC#Cc1ccc(CSc2ccccc2Cl)s1. The Morgan fingerprint density at radius 3 is 2.84 bits per heavy atom. The van der Waals surface area contributed by atoms with Crippen molar-refractivity contribution in [3.05, 3.63) is 51.2 Å². The highest BCUT2D eigenvalue weighted by Gasteiger charge is 2.02. The van der Waals surface area contributed by atoms with Gasteiger partial charge < -0.3 is 5.11 Å². The van der Waals surface area contributed by atoms with Crippen LogP contribution in [-0.2, 0) is 5.75 Å². The quantitative estimate of drug-likeness (QED) is 0.666. The molecule has 0 saturated heterocycles. The van der Waals surface area contributed by atoms with E-state index in [1.54, 1.807) is 23.1 Å². The summed E-state index contributed by atoms with van der Waals surface area (Å²) in [4.78, 5) is 3.42. The van der Waals surface area contributed by atoms with Crippen LogP contribution < -0.4 is 0 Å². The predicted octanol–water partition coefficient (Wildman–Crippen LogP) is 4.43. The van der Waals surface area contributed by atoms with Crippen LogP contribution in [0, 0.1) is 11.8 Å². The van der Waals surface area contributed by atoms with E-state index in [1.807, 2.05) is 30.3 Å². The Bertz CT molecular complexity index is 595. The van der Waals surface area contributed by atoms with Crippen LogP contribution in [0.2, 0.25) is 5.02 Å². The van der Waals surface area contributed by atoms with Crippen LogP contribution in [0.25, 0.3) is 0 Å². The molecule has 0 fully saturated rings. The monoisotopic (exact) mass is 308 g/mol. The molecule has 0 bridgehead atoms. The molecule has 19 heavy (non-hydrogen) atoms. The van der Waals surface area contributed by atoms with Gasteiger partial charge in [-0.05, 0) is 24.3 Å². The molecular weight excluding hydrogens is 296 g/mol. The molecule has 2 aromatic rings. The average Bonchev–Trinajstić information content (AvgIpc) is 2.86. The van der Waals surface area contributed by atoms with Crippen molar-refractivity contribution in [2.45, 2.75) is 17.1 Å². The van der Waals surface area contributed by atoms with E-state index in [0.29, 0.717) is 6.42 Å². The molecule has 1 nitrogen and oxygen atoms in total. The van der Waals surface area contributed by atoms with Gasteiger partial charge in [0.2, 0.25) is 0 Å². The highest BCUT2D eigenvalue weighted by Crippen LogP contribution is 2.31. The first kappa shape index (κ1) is 14.5.